The molecule has 0 aromatic heterocycles. The van der Waals surface area contributed by atoms with E-state index >= 15 is 0 Å². The van der Waals surface area contributed by atoms with Gasteiger partial charge in [0.1, 0.15) is 17.4 Å². The van der Waals surface area contributed by atoms with Gasteiger partial charge in [-0.25, -0.2) is 0 Å². The zero-order valence-electron chi connectivity index (χ0n) is 17.4. The van der Waals surface area contributed by atoms with Gasteiger partial charge in [-0.1, -0.05) is 0 Å². The molecule has 1 atom stereocenters. The predicted octanol–water partition coefficient (Wildman–Crippen LogP) is 4.63. The fourth-order valence-corrected chi connectivity index (χ4v) is 6.24. The highest BCUT2D eigenvalue weighted by molar-refractivity contribution is 6.06. The maximum Gasteiger partial charge on any atom is 0.267 e. The Bertz CT molecular complexity index is 786. The second-order valence-corrected chi connectivity index (χ2v) is 9.25. The molecule has 154 valence electrons. The second-order valence-electron chi connectivity index (χ2n) is 9.25. The topological polar surface area (TPSA) is 74.1 Å². The number of nitrogens with zero attached hydrogens (tertiary/aromatic N) is 1. The van der Waals surface area contributed by atoms with Gasteiger partial charge in [-0.3, -0.25) is 4.79 Å². The number of hydrogen-bond donors (Lipinski definition) is 2. The molecule has 4 aliphatic carbocycles. The molecule has 1 unspecified atom stereocenters. The lowest BCUT2D eigenvalue weighted by Gasteiger charge is -2.59. The first-order valence-electron chi connectivity index (χ1n) is 10.9. The molecule has 4 fully saturated rings. The maximum absolute atomic E-state index is 12.5. The first-order valence-corrected chi connectivity index (χ1v) is 10.9. The van der Waals surface area contributed by atoms with Crippen molar-refractivity contribution in [2.24, 2.45) is 23.2 Å². The van der Waals surface area contributed by atoms with Crippen LogP contribution in [0.2, 0.25) is 0 Å². The number of rotatable bonds is 7. The van der Waals surface area contributed by atoms with E-state index in [1.807, 2.05) is 25.1 Å². The van der Waals surface area contributed by atoms with Crippen molar-refractivity contribution in [3.05, 3.63) is 36.0 Å². The molecule has 2 N–H and O–H groups in total. The summed E-state index contributed by atoms with van der Waals surface area (Å²) < 4.78 is 5.41. The molecule has 4 saturated carbocycles. The van der Waals surface area contributed by atoms with Crippen molar-refractivity contribution in [3.63, 3.8) is 0 Å². The van der Waals surface area contributed by atoms with Gasteiger partial charge in [0.05, 0.1) is 6.61 Å². The maximum atomic E-state index is 12.5. The molecule has 5 nitrogen and oxygen atoms in total. The Morgan fingerprint density at radius 3 is 2.31 bits per heavy atom. The minimum atomic E-state index is -0.387. The monoisotopic (exact) mass is 393 g/mol. The Kier molecular flexibility index (Phi) is 5.54. The summed E-state index contributed by atoms with van der Waals surface area (Å²) in [4.78, 5) is 12.5. The fraction of sp³-hybridized carbons (Fsp3) is 0.583. The summed E-state index contributed by atoms with van der Waals surface area (Å²) >= 11 is 0. The zero-order chi connectivity index (χ0) is 20.4. The molecule has 5 heteroatoms. The standard InChI is InChI=1S/C24H31N3O2/c1-3-29-22-6-4-21(5-7-22)27-23(28)20(14-25)15-26-16(2)24-11-17-8-18(12-24)10-19(9-17)13-24/h4-7,15-19,26H,3,8-13H2,1-2H3,(H,27,28)/b20-15-. The molecule has 4 aliphatic rings. The first kappa shape index (κ1) is 19.8. The quantitative estimate of drug-likeness (QED) is 0.523. The number of benzene rings is 1. The number of hydrogen-bond acceptors (Lipinski definition) is 4. The molecular formula is C24H31N3O2. The van der Waals surface area contributed by atoms with E-state index in [-0.39, 0.29) is 17.5 Å². The number of carbonyl (C=O) groups is 1. The van der Waals surface area contributed by atoms with Crippen LogP contribution >= 0.6 is 0 Å². The third kappa shape index (κ3) is 4.12. The molecule has 5 rings (SSSR count). The minimum absolute atomic E-state index is 0.107. The normalized spacial score (nSPS) is 31.1. The highest BCUT2D eigenvalue weighted by Gasteiger charge is 2.52. The van der Waals surface area contributed by atoms with Crippen LogP contribution in [0.4, 0.5) is 5.69 Å². The minimum Gasteiger partial charge on any atom is -0.494 e. The predicted molar refractivity (Wildman–Crippen MR) is 113 cm³/mol. The highest BCUT2D eigenvalue weighted by atomic mass is 16.5. The van der Waals surface area contributed by atoms with Crippen LogP contribution in [0.3, 0.4) is 0 Å². The van der Waals surface area contributed by atoms with Crippen molar-refractivity contribution in [1.29, 1.82) is 5.26 Å². The molecule has 4 bridgehead atoms. The Balaban J connectivity index is 1.38. The van der Waals surface area contributed by atoms with Gasteiger partial charge in [0, 0.05) is 17.9 Å². The third-order valence-electron chi connectivity index (χ3n) is 7.27. The van der Waals surface area contributed by atoms with Crippen molar-refractivity contribution >= 4 is 11.6 Å². The highest BCUT2D eigenvalue weighted by Crippen LogP contribution is 2.61. The zero-order valence-corrected chi connectivity index (χ0v) is 17.4. The number of nitrogens with one attached hydrogen (secondary N) is 2. The first-order chi connectivity index (χ1) is 14.0. The van der Waals surface area contributed by atoms with Gasteiger partial charge < -0.3 is 15.4 Å². The van der Waals surface area contributed by atoms with Crippen molar-refractivity contribution < 1.29 is 9.53 Å². The third-order valence-corrected chi connectivity index (χ3v) is 7.27. The van der Waals surface area contributed by atoms with Crippen LogP contribution in [-0.4, -0.2) is 18.6 Å². The van der Waals surface area contributed by atoms with Crippen LogP contribution in [0.15, 0.2) is 36.0 Å². The van der Waals surface area contributed by atoms with Crippen LogP contribution in [0.5, 0.6) is 5.75 Å². The molecule has 1 aromatic carbocycles. The SMILES string of the molecule is CCOc1ccc(NC(=O)/C(C#N)=C\NC(C)C23CC4CC(CC(C4)C2)C3)cc1. The van der Waals surface area contributed by atoms with E-state index in [4.69, 9.17) is 4.74 Å². The van der Waals surface area contributed by atoms with Gasteiger partial charge in [-0.15, -0.1) is 0 Å². The van der Waals surface area contributed by atoms with Gasteiger partial charge in [0.25, 0.3) is 5.91 Å². The molecule has 0 spiro atoms. The Labute approximate surface area is 173 Å². The average Bonchev–Trinajstić information content (AvgIpc) is 2.69. The molecule has 29 heavy (non-hydrogen) atoms. The summed E-state index contributed by atoms with van der Waals surface area (Å²) in [6.07, 6.45) is 9.73. The van der Waals surface area contributed by atoms with Gasteiger partial charge in [0.15, 0.2) is 0 Å². The van der Waals surface area contributed by atoms with Crippen molar-refractivity contribution in [1.82, 2.24) is 5.32 Å². The van der Waals surface area contributed by atoms with Crippen LogP contribution < -0.4 is 15.4 Å². The van der Waals surface area contributed by atoms with Gasteiger partial charge in [-0.2, -0.15) is 5.26 Å². The largest absolute Gasteiger partial charge is 0.494 e. The summed E-state index contributed by atoms with van der Waals surface area (Å²) in [6, 6.07) is 9.50. The Morgan fingerprint density at radius 2 is 1.79 bits per heavy atom. The van der Waals surface area contributed by atoms with Crippen LogP contribution in [0, 0.1) is 34.5 Å². The summed E-state index contributed by atoms with van der Waals surface area (Å²) in [5.74, 6) is 3.02. The molecule has 0 heterocycles. The lowest BCUT2D eigenvalue weighted by atomic mass is 9.48. The summed E-state index contributed by atoms with van der Waals surface area (Å²) in [5.41, 5.74) is 1.08. The number of carbonyl (C=O) groups excluding carboxylic acids is 1. The molecule has 1 aromatic rings. The van der Waals surface area contributed by atoms with Gasteiger partial charge in [0.2, 0.25) is 0 Å². The van der Waals surface area contributed by atoms with Crippen molar-refractivity contribution in [2.45, 2.75) is 58.4 Å². The Hall–Kier alpha value is -2.48. The molecule has 1 amide bonds. The van der Waals surface area contributed by atoms with Gasteiger partial charge in [-0.05, 0) is 99.8 Å². The lowest BCUT2D eigenvalue weighted by molar-refractivity contribution is -0.112. The number of nitriles is 1. The number of ether oxygens (including phenoxy) is 1. The summed E-state index contributed by atoms with van der Waals surface area (Å²) in [6.45, 7) is 4.75. The van der Waals surface area contributed by atoms with Crippen LogP contribution in [0.25, 0.3) is 0 Å². The van der Waals surface area contributed by atoms with Crippen molar-refractivity contribution in [3.8, 4) is 11.8 Å². The van der Waals surface area contributed by atoms with E-state index in [1.165, 1.54) is 38.5 Å². The van der Waals surface area contributed by atoms with E-state index in [1.54, 1.807) is 18.3 Å². The van der Waals surface area contributed by atoms with E-state index in [2.05, 4.69) is 17.6 Å². The average molecular weight is 394 g/mol. The molecule has 0 radical (unpaired) electrons. The Morgan fingerprint density at radius 1 is 1.21 bits per heavy atom. The lowest BCUT2D eigenvalue weighted by Crippen LogP contribution is -2.54. The van der Waals surface area contributed by atoms with Gasteiger partial charge >= 0.3 is 0 Å². The van der Waals surface area contributed by atoms with E-state index in [0.29, 0.717) is 17.7 Å². The summed E-state index contributed by atoms with van der Waals surface area (Å²) in [7, 11) is 0. The molecular weight excluding hydrogens is 362 g/mol. The molecule has 0 saturated heterocycles. The van der Waals surface area contributed by atoms with Crippen LogP contribution in [-0.2, 0) is 4.79 Å². The number of amides is 1. The van der Waals surface area contributed by atoms with E-state index < -0.39 is 0 Å². The number of anilines is 1. The molecule has 0 aliphatic heterocycles. The second kappa shape index (κ2) is 8.10. The van der Waals surface area contributed by atoms with Crippen LogP contribution in [0.1, 0.15) is 52.4 Å². The smallest absolute Gasteiger partial charge is 0.267 e. The van der Waals surface area contributed by atoms with E-state index in [0.717, 1.165) is 23.5 Å². The fourth-order valence-electron chi connectivity index (χ4n) is 6.24. The van der Waals surface area contributed by atoms with E-state index in [9.17, 15) is 10.1 Å². The summed E-state index contributed by atoms with van der Waals surface area (Å²) in [5, 5.41) is 15.7. The van der Waals surface area contributed by atoms with Crippen molar-refractivity contribution in [2.75, 3.05) is 11.9 Å².